The molecular weight excluding hydrogens is 367 g/mol. The van der Waals surface area contributed by atoms with Crippen LogP contribution in [0.3, 0.4) is 0 Å². The van der Waals surface area contributed by atoms with Crippen LogP contribution in [-0.4, -0.2) is 35.2 Å². The molecule has 2 aliphatic heterocycles. The molecule has 2 aliphatic rings. The molecule has 0 amide bonds. The van der Waals surface area contributed by atoms with Crippen molar-refractivity contribution in [2.75, 3.05) is 19.8 Å². The molecule has 0 bridgehead atoms. The summed E-state index contributed by atoms with van der Waals surface area (Å²) >= 11 is 2.46. The number of halogens is 1. The number of aromatic nitrogens is 2. The van der Waals surface area contributed by atoms with E-state index in [0.29, 0.717) is 6.04 Å². The highest BCUT2D eigenvalue weighted by Gasteiger charge is 2.42. The summed E-state index contributed by atoms with van der Waals surface area (Å²) in [6.45, 7) is 6.83. The summed E-state index contributed by atoms with van der Waals surface area (Å²) in [7, 11) is 0. The van der Waals surface area contributed by atoms with Gasteiger partial charge in [0, 0.05) is 26.1 Å². The Morgan fingerprint density at radius 1 is 1.35 bits per heavy atom. The third kappa shape index (κ3) is 2.52. The molecule has 0 radical (unpaired) electrons. The largest absolute Gasteiger partial charge is 0.378 e. The van der Waals surface area contributed by atoms with Crippen LogP contribution in [0.15, 0.2) is 0 Å². The van der Waals surface area contributed by atoms with Crippen LogP contribution in [0.1, 0.15) is 50.5 Å². The number of hydrogen-bond donors (Lipinski definition) is 0. The molecule has 1 aromatic heterocycles. The lowest BCUT2D eigenvalue weighted by Gasteiger charge is -2.37. The predicted octanol–water partition coefficient (Wildman–Crippen LogP) is 3.12. The molecule has 3 heterocycles. The van der Waals surface area contributed by atoms with Crippen molar-refractivity contribution in [2.24, 2.45) is 0 Å². The van der Waals surface area contributed by atoms with Crippen LogP contribution in [0.5, 0.6) is 0 Å². The zero-order chi connectivity index (χ0) is 14.2. The van der Waals surface area contributed by atoms with Crippen molar-refractivity contribution in [1.82, 2.24) is 9.78 Å². The average molecular weight is 390 g/mol. The highest BCUT2D eigenvalue weighted by Crippen LogP contribution is 2.39. The Morgan fingerprint density at radius 2 is 2.20 bits per heavy atom. The molecule has 112 valence electrons. The van der Waals surface area contributed by atoms with Gasteiger partial charge in [0.15, 0.2) is 0 Å². The van der Waals surface area contributed by atoms with E-state index in [9.17, 15) is 0 Å². The zero-order valence-electron chi connectivity index (χ0n) is 12.3. The first-order chi connectivity index (χ1) is 9.69. The van der Waals surface area contributed by atoms with E-state index in [0.717, 1.165) is 51.9 Å². The minimum atomic E-state index is -0.0440. The molecule has 2 saturated heterocycles. The minimum absolute atomic E-state index is 0.0440. The number of ether oxygens (including phenoxy) is 2. The molecule has 1 aromatic rings. The average Bonchev–Trinajstić information content (AvgIpc) is 3.03. The van der Waals surface area contributed by atoms with Crippen LogP contribution in [0.4, 0.5) is 0 Å². The third-order valence-electron chi connectivity index (χ3n) is 4.56. The second-order valence-electron chi connectivity index (χ2n) is 5.84. The highest BCUT2D eigenvalue weighted by atomic mass is 127. The number of hydrogen-bond acceptors (Lipinski definition) is 3. The smallest absolute Gasteiger partial charge is 0.0957 e. The molecule has 2 atom stereocenters. The summed E-state index contributed by atoms with van der Waals surface area (Å²) in [5, 5.41) is 4.89. The molecule has 4 nitrogen and oxygen atoms in total. The molecule has 2 fully saturated rings. The summed E-state index contributed by atoms with van der Waals surface area (Å²) < 4.78 is 15.3. The van der Waals surface area contributed by atoms with Gasteiger partial charge in [-0.3, -0.25) is 4.68 Å². The Bertz CT molecular complexity index is 480. The van der Waals surface area contributed by atoms with Gasteiger partial charge >= 0.3 is 0 Å². The van der Waals surface area contributed by atoms with Gasteiger partial charge in [0.1, 0.15) is 0 Å². The molecule has 3 rings (SSSR count). The second kappa shape index (κ2) is 5.93. The fraction of sp³-hybridized carbons (Fsp3) is 0.800. The standard InChI is InChI=1S/C15H23IN2O2/c1-3-12-14(16)13(4-2)18(17-12)11-5-7-20-15(9-11)6-8-19-10-15/h11H,3-10H2,1-2H3. The van der Waals surface area contributed by atoms with Gasteiger partial charge in [-0.1, -0.05) is 13.8 Å². The van der Waals surface area contributed by atoms with Crippen molar-refractivity contribution in [3.05, 3.63) is 15.0 Å². The number of nitrogens with zero attached hydrogens (tertiary/aromatic N) is 2. The van der Waals surface area contributed by atoms with Crippen molar-refractivity contribution in [3.63, 3.8) is 0 Å². The van der Waals surface area contributed by atoms with E-state index in [-0.39, 0.29) is 5.60 Å². The maximum absolute atomic E-state index is 6.05. The summed E-state index contributed by atoms with van der Waals surface area (Å²) in [4.78, 5) is 0. The zero-order valence-corrected chi connectivity index (χ0v) is 14.5. The van der Waals surface area contributed by atoms with Crippen molar-refractivity contribution in [3.8, 4) is 0 Å². The molecular formula is C15H23IN2O2. The minimum Gasteiger partial charge on any atom is -0.378 e. The first-order valence-electron chi connectivity index (χ1n) is 7.66. The Hall–Kier alpha value is -0.140. The Labute approximate surface area is 134 Å². The van der Waals surface area contributed by atoms with E-state index in [4.69, 9.17) is 14.6 Å². The van der Waals surface area contributed by atoms with Gasteiger partial charge in [-0.05, 0) is 41.9 Å². The van der Waals surface area contributed by atoms with Crippen molar-refractivity contribution in [1.29, 1.82) is 0 Å². The van der Waals surface area contributed by atoms with Gasteiger partial charge in [-0.2, -0.15) is 5.10 Å². The van der Waals surface area contributed by atoms with Crippen molar-refractivity contribution >= 4 is 22.6 Å². The van der Waals surface area contributed by atoms with Gasteiger partial charge in [-0.15, -0.1) is 0 Å². The molecule has 0 N–H and O–H groups in total. The Kier molecular flexibility index (Phi) is 4.38. The van der Waals surface area contributed by atoms with E-state index >= 15 is 0 Å². The van der Waals surface area contributed by atoms with Crippen molar-refractivity contribution < 1.29 is 9.47 Å². The second-order valence-corrected chi connectivity index (χ2v) is 6.92. The molecule has 5 heteroatoms. The van der Waals surface area contributed by atoms with Gasteiger partial charge in [0.25, 0.3) is 0 Å². The number of aryl methyl sites for hydroxylation is 1. The van der Waals surface area contributed by atoms with Crippen LogP contribution in [-0.2, 0) is 22.3 Å². The lowest BCUT2D eigenvalue weighted by atomic mass is 9.89. The van der Waals surface area contributed by atoms with E-state index in [2.05, 4.69) is 41.1 Å². The highest BCUT2D eigenvalue weighted by molar-refractivity contribution is 14.1. The van der Waals surface area contributed by atoms with Crippen molar-refractivity contribution in [2.45, 2.75) is 57.6 Å². The quantitative estimate of drug-likeness (QED) is 0.745. The molecule has 0 saturated carbocycles. The van der Waals surface area contributed by atoms with Gasteiger partial charge in [0.05, 0.1) is 33.2 Å². The van der Waals surface area contributed by atoms with E-state index < -0.39 is 0 Å². The maximum Gasteiger partial charge on any atom is 0.0957 e. The van der Waals surface area contributed by atoms with Crippen LogP contribution in [0.25, 0.3) is 0 Å². The fourth-order valence-corrected chi connectivity index (χ4v) is 4.54. The summed E-state index contributed by atoms with van der Waals surface area (Å²) in [6, 6.07) is 0.467. The van der Waals surface area contributed by atoms with E-state index in [1.54, 1.807) is 0 Å². The molecule has 2 unspecified atom stereocenters. The molecule has 0 aliphatic carbocycles. The molecule has 0 aromatic carbocycles. The summed E-state index contributed by atoms with van der Waals surface area (Å²) in [6.07, 6.45) is 5.20. The third-order valence-corrected chi connectivity index (χ3v) is 5.81. The number of rotatable bonds is 3. The van der Waals surface area contributed by atoms with E-state index in [1.807, 2.05) is 0 Å². The van der Waals surface area contributed by atoms with Gasteiger partial charge in [-0.25, -0.2) is 0 Å². The van der Waals surface area contributed by atoms with Crippen LogP contribution >= 0.6 is 22.6 Å². The van der Waals surface area contributed by atoms with Crippen LogP contribution in [0, 0.1) is 3.57 Å². The maximum atomic E-state index is 6.05. The van der Waals surface area contributed by atoms with Crippen LogP contribution in [0.2, 0.25) is 0 Å². The summed E-state index contributed by atoms with van der Waals surface area (Å²) in [5.41, 5.74) is 2.59. The normalized spacial score (nSPS) is 30.2. The summed E-state index contributed by atoms with van der Waals surface area (Å²) in [5.74, 6) is 0. The first kappa shape index (κ1) is 14.8. The van der Waals surface area contributed by atoms with Crippen LogP contribution < -0.4 is 0 Å². The fourth-order valence-electron chi connectivity index (χ4n) is 3.42. The lowest BCUT2D eigenvalue weighted by molar-refractivity contribution is -0.0965. The molecule has 20 heavy (non-hydrogen) atoms. The van der Waals surface area contributed by atoms with Gasteiger partial charge in [0.2, 0.25) is 0 Å². The van der Waals surface area contributed by atoms with Gasteiger partial charge < -0.3 is 9.47 Å². The monoisotopic (exact) mass is 390 g/mol. The van der Waals surface area contributed by atoms with E-state index in [1.165, 1.54) is 15.0 Å². The SMILES string of the molecule is CCc1nn(C2CCOC3(CCOC3)C2)c(CC)c1I. The first-order valence-corrected chi connectivity index (χ1v) is 8.74. The molecule has 1 spiro atoms. The Morgan fingerprint density at radius 3 is 2.85 bits per heavy atom. The predicted molar refractivity (Wildman–Crippen MR) is 86.1 cm³/mol. The lowest BCUT2D eigenvalue weighted by Crippen LogP contribution is -2.41. The topological polar surface area (TPSA) is 36.3 Å². The Balaban J connectivity index is 1.88.